The van der Waals surface area contributed by atoms with Gasteiger partial charge in [-0.2, -0.15) is 0 Å². The normalized spacial score (nSPS) is 6.60. The Kier molecular flexibility index (Phi) is 3.66. The van der Waals surface area contributed by atoms with Crippen LogP contribution in [-0.2, 0) is 0 Å². The van der Waals surface area contributed by atoms with Gasteiger partial charge in [0.1, 0.15) is 7.28 Å². The molecule has 0 aromatic carbocycles. The molecule has 0 spiro atoms. The number of hydrogen-bond acceptors (Lipinski definition) is 0. The van der Waals surface area contributed by atoms with Gasteiger partial charge in [-0.15, -0.1) is 6.58 Å². The first-order chi connectivity index (χ1) is 2.41. The van der Waals surface area contributed by atoms with Crippen molar-refractivity contribution >= 4 is 7.28 Å². The Morgan fingerprint density at radius 2 is 2.60 bits per heavy atom. The molecule has 0 aliphatic rings. The SMILES string of the molecule is C=CC[B]C. The topological polar surface area (TPSA) is 0 Å². The van der Waals surface area contributed by atoms with Gasteiger partial charge in [0.25, 0.3) is 0 Å². The third kappa shape index (κ3) is 3.80. The summed E-state index contributed by atoms with van der Waals surface area (Å²) in [6.45, 7) is 5.53. The summed E-state index contributed by atoms with van der Waals surface area (Å²) in [7, 11) is 2.06. The largest absolute Gasteiger partial charge is 0.110 e. The Morgan fingerprint density at radius 3 is 2.60 bits per heavy atom. The Morgan fingerprint density at radius 1 is 2.00 bits per heavy atom. The first-order valence-corrected chi connectivity index (χ1v) is 1.80. The molecule has 0 aliphatic carbocycles. The lowest BCUT2D eigenvalue weighted by Crippen LogP contribution is -1.69. The second-order valence-corrected chi connectivity index (χ2v) is 0.933. The molecule has 0 bridgehead atoms. The van der Waals surface area contributed by atoms with Gasteiger partial charge in [-0.3, -0.25) is 0 Å². The summed E-state index contributed by atoms with van der Waals surface area (Å²) in [5, 5.41) is 0. The summed E-state index contributed by atoms with van der Waals surface area (Å²) >= 11 is 0. The Balaban J connectivity index is 2.40. The quantitative estimate of drug-likeness (QED) is 0.337. The predicted octanol–water partition coefficient (Wildman–Crippen LogP) is 1.34. The van der Waals surface area contributed by atoms with Crippen LogP contribution in [0.2, 0.25) is 13.1 Å². The van der Waals surface area contributed by atoms with Crippen molar-refractivity contribution < 1.29 is 0 Å². The van der Waals surface area contributed by atoms with E-state index in [0.29, 0.717) is 0 Å². The van der Waals surface area contributed by atoms with Gasteiger partial charge in [0.15, 0.2) is 0 Å². The standard InChI is InChI=1S/C4H8B/c1-3-4-5-2/h3H,1,4H2,2H3. The summed E-state index contributed by atoms with van der Waals surface area (Å²) < 4.78 is 0. The van der Waals surface area contributed by atoms with Crippen LogP contribution in [0, 0.1) is 0 Å². The molecule has 0 nitrogen and oxygen atoms in total. The molecule has 0 saturated carbocycles. The van der Waals surface area contributed by atoms with Crippen molar-refractivity contribution in [2.75, 3.05) is 0 Å². The van der Waals surface area contributed by atoms with E-state index in [1.807, 2.05) is 12.9 Å². The number of hydrogen-bond donors (Lipinski definition) is 0. The van der Waals surface area contributed by atoms with E-state index in [0.717, 1.165) is 6.32 Å². The van der Waals surface area contributed by atoms with Crippen molar-refractivity contribution in [3.05, 3.63) is 12.7 Å². The van der Waals surface area contributed by atoms with Crippen LogP contribution in [0.25, 0.3) is 0 Å². The third-order valence-electron chi connectivity index (χ3n) is 0.402. The van der Waals surface area contributed by atoms with Crippen molar-refractivity contribution in [1.29, 1.82) is 0 Å². The fourth-order valence-electron chi connectivity index (χ4n) is 0.167. The van der Waals surface area contributed by atoms with Crippen LogP contribution >= 0.6 is 0 Å². The van der Waals surface area contributed by atoms with Gasteiger partial charge in [-0.05, 0) is 0 Å². The molecule has 1 radical (unpaired) electrons. The highest BCUT2D eigenvalue weighted by molar-refractivity contribution is 6.34. The second kappa shape index (κ2) is 3.80. The minimum absolute atomic E-state index is 1.03. The van der Waals surface area contributed by atoms with Crippen molar-refractivity contribution in [3.63, 3.8) is 0 Å². The van der Waals surface area contributed by atoms with Crippen LogP contribution in [0.4, 0.5) is 0 Å². The number of allylic oxidation sites excluding steroid dienone is 1. The fourth-order valence-corrected chi connectivity index (χ4v) is 0.167. The molecule has 0 aliphatic heterocycles. The van der Waals surface area contributed by atoms with Gasteiger partial charge >= 0.3 is 0 Å². The maximum absolute atomic E-state index is 3.52. The van der Waals surface area contributed by atoms with Gasteiger partial charge in [0, 0.05) is 0 Å². The molecule has 0 heterocycles. The van der Waals surface area contributed by atoms with Crippen molar-refractivity contribution in [2.45, 2.75) is 13.1 Å². The van der Waals surface area contributed by atoms with Crippen LogP contribution in [0.3, 0.4) is 0 Å². The molecule has 0 aromatic heterocycles. The van der Waals surface area contributed by atoms with E-state index in [4.69, 9.17) is 0 Å². The molecule has 27 valence electrons. The molecule has 0 rings (SSSR count). The molecular formula is C4H8B. The highest BCUT2D eigenvalue weighted by Gasteiger charge is 1.65. The van der Waals surface area contributed by atoms with E-state index in [9.17, 15) is 0 Å². The zero-order chi connectivity index (χ0) is 4.12. The zero-order valence-corrected chi connectivity index (χ0v) is 3.57. The Hall–Kier alpha value is -0.195. The maximum Gasteiger partial charge on any atom is 0.110 e. The number of rotatable bonds is 2. The molecule has 0 saturated heterocycles. The first-order valence-electron chi connectivity index (χ1n) is 1.80. The molecule has 0 aromatic rings. The van der Waals surface area contributed by atoms with E-state index >= 15 is 0 Å². The van der Waals surface area contributed by atoms with E-state index < -0.39 is 0 Å². The van der Waals surface area contributed by atoms with Crippen LogP contribution in [0.15, 0.2) is 12.7 Å². The highest BCUT2D eigenvalue weighted by Crippen LogP contribution is 1.72. The van der Waals surface area contributed by atoms with Gasteiger partial charge in [0.2, 0.25) is 0 Å². The molecular weight excluding hydrogens is 58.9 g/mol. The molecule has 0 N–H and O–H groups in total. The van der Waals surface area contributed by atoms with Gasteiger partial charge < -0.3 is 0 Å². The summed E-state index contributed by atoms with van der Waals surface area (Å²) in [5.74, 6) is 0. The minimum Gasteiger partial charge on any atom is -0.104 e. The van der Waals surface area contributed by atoms with E-state index in [1.165, 1.54) is 0 Å². The average molecular weight is 66.9 g/mol. The van der Waals surface area contributed by atoms with Gasteiger partial charge in [-0.1, -0.05) is 19.2 Å². The van der Waals surface area contributed by atoms with Crippen LogP contribution in [0.5, 0.6) is 0 Å². The van der Waals surface area contributed by atoms with E-state index in [2.05, 4.69) is 13.9 Å². The molecule has 1 heteroatoms. The summed E-state index contributed by atoms with van der Waals surface area (Å²) in [5.41, 5.74) is 0. The van der Waals surface area contributed by atoms with Gasteiger partial charge in [-0.25, -0.2) is 0 Å². The lowest BCUT2D eigenvalue weighted by molar-refractivity contribution is 1.71. The Bertz CT molecular complexity index is 24.8. The van der Waals surface area contributed by atoms with Crippen molar-refractivity contribution in [2.24, 2.45) is 0 Å². The molecule has 5 heavy (non-hydrogen) atoms. The second-order valence-electron chi connectivity index (χ2n) is 0.933. The summed E-state index contributed by atoms with van der Waals surface area (Å²) in [4.78, 5) is 0. The molecule has 0 amide bonds. The zero-order valence-electron chi connectivity index (χ0n) is 3.57. The average Bonchev–Trinajstić information content (AvgIpc) is 1.41. The molecule has 0 unspecified atom stereocenters. The van der Waals surface area contributed by atoms with E-state index in [-0.39, 0.29) is 0 Å². The predicted molar refractivity (Wildman–Crippen MR) is 26.6 cm³/mol. The smallest absolute Gasteiger partial charge is 0.104 e. The first kappa shape index (κ1) is 4.80. The summed E-state index contributed by atoms with van der Waals surface area (Å²) in [6, 6.07) is 0. The third-order valence-corrected chi connectivity index (χ3v) is 0.402. The van der Waals surface area contributed by atoms with Crippen LogP contribution in [-0.4, -0.2) is 7.28 Å². The fraction of sp³-hybridized carbons (Fsp3) is 0.500. The van der Waals surface area contributed by atoms with Gasteiger partial charge in [0.05, 0.1) is 0 Å². The lowest BCUT2D eigenvalue weighted by Gasteiger charge is -1.69. The summed E-state index contributed by atoms with van der Waals surface area (Å²) in [6.07, 6.45) is 2.90. The van der Waals surface area contributed by atoms with Crippen LogP contribution < -0.4 is 0 Å². The maximum atomic E-state index is 3.52. The molecule has 0 fully saturated rings. The Labute approximate surface area is 34.1 Å². The minimum atomic E-state index is 1.03. The highest BCUT2D eigenvalue weighted by atomic mass is 13.4. The van der Waals surface area contributed by atoms with Crippen molar-refractivity contribution in [1.82, 2.24) is 0 Å². The van der Waals surface area contributed by atoms with Crippen molar-refractivity contribution in [3.8, 4) is 0 Å². The van der Waals surface area contributed by atoms with E-state index in [1.54, 1.807) is 0 Å². The molecule has 0 atom stereocenters. The van der Waals surface area contributed by atoms with Crippen LogP contribution in [0.1, 0.15) is 0 Å². The lowest BCUT2D eigenvalue weighted by atomic mass is 9.78. The monoisotopic (exact) mass is 67.1 g/mol.